The molecule has 28 heavy (non-hydrogen) atoms. The topological polar surface area (TPSA) is 47.3 Å². The van der Waals surface area contributed by atoms with E-state index in [-0.39, 0.29) is 11.8 Å². The van der Waals surface area contributed by atoms with E-state index in [2.05, 4.69) is 49.1 Å². The number of carbonyl (C=O) groups is 1. The lowest BCUT2D eigenvalue weighted by Crippen LogP contribution is -2.47. The summed E-state index contributed by atoms with van der Waals surface area (Å²) in [4.78, 5) is 16.9. The lowest BCUT2D eigenvalue weighted by Gasteiger charge is -2.42. The van der Waals surface area contributed by atoms with E-state index in [9.17, 15) is 10.1 Å². The average molecular weight is 390 g/mol. The molecule has 4 rings (SSSR count). The van der Waals surface area contributed by atoms with Gasteiger partial charge in [0.2, 0.25) is 5.91 Å². The van der Waals surface area contributed by atoms with Crippen LogP contribution < -0.4 is 4.90 Å². The molecule has 0 saturated carbocycles. The molecule has 0 aliphatic carbocycles. The quantitative estimate of drug-likeness (QED) is 0.739. The van der Waals surface area contributed by atoms with Crippen molar-refractivity contribution < 1.29 is 4.79 Å². The maximum atomic E-state index is 13.0. The summed E-state index contributed by atoms with van der Waals surface area (Å²) < 4.78 is 0. The molecule has 5 heteroatoms. The van der Waals surface area contributed by atoms with E-state index in [0.29, 0.717) is 19.0 Å². The Morgan fingerprint density at radius 1 is 1.11 bits per heavy atom. The molecule has 2 aromatic rings. The van der Waals surface area contributed by atoms with Crippen molar-refractivity contribution in [3.8, 4) is 6.07 Å². The van der Waals surface area contributed by atoms with Crippen LogP contribution in [0.4, 0.5) is 5.69 Å². The summed E-state index contributed by atoms with van der Waals surface area (Å²) in [6, 6.07) is 20.9. The molecule has 0 bridgehead atoms. The lowest BCUT2D eigenvalue weighted by atomic mass is 9.85. The van der Waals surface area contributed by atoms with Gasteiger partial charge < -0.3 is 4.90 Å². The first kappa shape index (κ1) is 18.6. The molecule has 4 nitrogen and oxygen atoms in total. The van der Waals surface area contributed by atoms with Crippen molar-refractivity contribution in [1.29, 1.82) is 5.26 Å². The van der Waals surface area contributed by atoms with E-state index in [0.717, 1.165) is 27.7 Å². The first-order valence-corrected chi connectivity index (χ1v) is 10.5. The van der Waals surface area contributed by atoms with Gasteiger partial charge in [0.1, 0.15) is 0 Å². The van der Waals surface area contributed by atoms with Crippen LogP contribution in [-0.4, -0.2) is 23.4 Å². The van der Waals surface area contributed by atoms with Gasteiger partial charge in [-0.1, -0.05) is 68.1 Å². The molecule has 1 fully saturated rings. The fourth-order valence-corrected chi connectivity index (χ4v) is 4.93. The Hall–Kier alpha value is -2.71. The highest BCUT2D eigenvalue weighted by atomic mass is 32.2. The van der Waals surface area contributed by atoms with Crippen molar-refractivity contribution in [2.24, 2.45) is 0 Å². The molecule has 0 spiro atoms. The monoisotopic (exact) mass is 389 g/mol. The normalized spacial score (nSPS) is 19.6. The number of nitriles is 1. The van der Waals surface area contributed by atoms with E-state index in [1.165, 1.54) is 5.56 Å². The van der Waals surface area contributed by atoms with E-state index < -0.39 is 0 Å². The zero-order valence-corrected chi connectivity index (χ0v) is 16.9. The molecule has 0 radical (unpaired) electrons. The summed E-state index contributed by atoms with van der Waals surface area (Å²) in [7, 11) is 0. The van der Waals surface area contributed by atoms with Crippen LogP contribution in [0, 0.1) is 11.3 Å². The number of carbonyl (C=O) groups excluding carboxylic acids is 1. The minimum atomic E-state index is -0.152. The SMILES string of the molecule is CC(C)c1ccc([C@H]2CC(=O)N3CN(c4ccccc4)CSC3=C2C#N)cc1. The van der Waals surface area contributed by atoms with Crippen LogP contribution in [0.15, 0.2) is 65.2 Å². The largest absolute Gasteiger partial charge is 0.344 e. The zero-order valence-electron chi connectivity index (χ0n) is 16.1. The standard InChI is InChI=1S/C23H23N3OS/c1-16(2)17-8-10-18(11-9-17)20-12-22(27)26-14-25(19-6-4-3-5-7-19)15-28-23(26)21(20)13-24/h3-11,16,20H,12,14-15H2,1-2H3/t20-/m1/s1. The number of amides is 1. The van der Waals surface area contributed by atoms with Gasteiger partial charge in [0.15, 0.2) is 0 Å². The van der Waals surface area contributed by atoms with Gasteiger partial charge in [-0.2, -0.15) is 5.26 Å². The maximum absolute atomic E-state index is 13.0. The third kappa shape index (κ3) is 3.41. The number of nitrogens with zero attached hydrogens (tertiary/aromatic N) is 3. The van der Waals surface area contributed by atoms with Crippen molar-refractivity contribution in [2.75, 3.05) is 17.4 Å². The molecule has 1 saturated heterocycles. The Balaban J connectivity index is 1.64. The maximum Gasteiger partial charge on any atom is 0.229 e. The molecule has 142 valence electrons. The van der Waals surface area contributed by atoms with E-state index in [1.54, 1.807) is 16.7 Å². The van der Waals surface area contributed by atoms with Crippen LogP contribution in [0.5, 0.6) is 0 Å². The summed E-state index contributed by atoms with van der Waals surface area (Å²) in [5.41, 5.74) is 4.12. The Morgan fingerprint density at radius 3 is 2.46 bits per heavy atom. The van der Waals surface area contributed by atoms with Crippen molar-refractivity contribution in [2.45, 2.75) is 32.1 Å². The fraction of sp³-hybridized carbons (Fsp3) is 0.304. The molecular formula is C23H23N3OS. The van der Waals surface area contributed by atoms with Crippen molar-refractivity contribution >= 4 is 23.4 Å². The van der Waals surface area contributed by atoms with E-state index in [4.69, 9.17) is 0 Å². The van der Waals surface area contributed by atoms with Gasteiger partial charge in [-0.05, 0) is 29.2 Å². The summed E-state index contributed by atoms with van der Waals surface area (Å²) >= 11 is 1.58. The number of hydrogen-bond acceptors (Lipinski definition) is 4. The first-order chi connectivity index (χ1) is 13.6. The van der Waals surface area contributed by atoms with Gasteiger partial charge >= 0.3 is 0 Å². The Labute approximate surface area is 170 Å². The zero-order chi connectivity index (χ0) is 19.7. The average Bonchev–Trinajstić information content (AvgIpc) is 2.74. The fourth-order valence-electron chi connectivity index (χ4n) is 3.76. The van der Waals surface area contributed by atoms with E-state index >= 15 is 0 Å². The Kier molecular flexibility index (Phi) is 5.15. The first-order valence-electron chi connectivity index (χ1n) is 9.55. The molecule has 2 aliphatic heterocycles. The third-order valence-corrected chi connectivity index (χ3v) is 6.57. The molecule has 2 aliphatic rings. The van der Waals surface area contributed by atoms with Gasteiger partial charge in [-0.25, -0.2) is 0 Å². The molecule has 2 heterocycles. The van der Waals surface area contributed by atoms with Gasteiger partial charge in [-0.15, -0.1) is 0 Å². The van der Waals surface area contributed by atoms with Crippen LogP contribution in [0.2, 0.25) is 0 Å². The van der Waals surface area contributed by atoms with Crippen molar-refractivity contribution in [3.63, 3.8) is 0 Å². The van der Waals surface area contributed by atoms with Crippen molar-refractivity contribution in [1.82, 2.24) is 4.90 Å². The molecule has 1 amide bonds. The summed E-state index contributed by atoms with van der Waals surface area (Å²) in [6.45, 7) is 4.82. The number of thioether (sulfide) groups is 1. The van der Waals surface area contributed by atoms with Crippen LogP contribution >= 0.6 is 11.8 Å². The van der Waals surface area contributed by atoms with Crippen LogP contribution in [0.1, 0.15) is 43.2 Å². The highest BCUT2D eigenvalue weighted by Crippen LogP contribution is 2.43. The lowest BCUT2D eigenvalue weighted by molar-refractivity contribution is -0.129. The van der Waals surface area contributed by atoms with Crippen LogP contribution in [0.25, 0.3) is 0 Å². The summed E-state index contributed by atoms with van der Waals surface area (Å²) in [5.74, 6) is 1.12. The number of benzene rings is 2. The highest BCUT2D eigenvalue weighted by molar-refractivity contribution is 8.03. The number of anilines is 1. The number of fused-ring (bicyclic) bond motifs is 1. The molecule has 0 N–H and O–H groups in total. The minimum absolute atomic E-state index is 0.0834. The number of hydrogen-bond donors (Lipinski definition) is 0. The second kappa shape index (κ2) is 7.73. The summed E-state index contributed by atoms with van der Waals surface area (Å²) in [6.07, 6.45) is 0.344. The predicted molar refractivity (Wildman–Crippen MR) is 114 cm³/mol. The van der Waals surface area contributed by atoms with Crippen LogP contribution in [0.3, 0.4) is 0 Å². The highest BCUT2D eigenvalue weighted by Gasteiger charge is 2.38. The molecule has 2 aromatic carbocycles. The number of para-hydroxylation sites is 1. The van der Waals surface area contributed by atoms with Gasteiger partial charge in [0.25, 0.3) is 0 Å². The third-order valence-electron chi connectivity index (χ3n) is 5.42. The van der Waals surface area contributed by atoms with Gasteiger partial charge in [-0.3, -0.25) is 9.69 Å². The number of rotatable bonds is 3. The Bertz CT molecular complexity index is 944. The minimum Gasteiger partial charge on any atom is -0.344 e. The second-order valence-corrected chi connectivity index (χ2v) is 8.45. The second-order valence-electron chi connectivity index (χ2n) is 7.52. The Morgan fingerprint density at radius 2 is 1.82 bits per heavy atom. The number of allylic oxidation sites excluding steroid dienone is 1. The molecule has 0 unspecified atom stereocenters. The van der Waals surface area contributed by atoms with Gasteiger partial charge in [0.05, 0.1) is 29.2 Å². The smallest absolute Gasteiger partial charge is 0.229 e. The molecular weight excluding hydrogens is 366 g/mol. The molecule has 0 aromatic heterocycles. The van der Waals surface area contributed by atoms with Crippen molar-refractivity contribution in [3.05, 3.63) is 76.3 Å². The van der Waals surface area contributed by atoms with Gasteiger partial charge in [0, 0.05) is 18.0 Å². The predicted octanol–water partition coefficient (Wildman–Crippen LogP) is 5.03. The van der Waals surface area contributed by atoms with Crippen LogP contribution in [-0.2, 0) is 4.79 Å². The van der Waals surface area contributed by atoms with E-state index in [1.807, 2.05) is 30.3 Å². The summed E-state index contributed by atoms with van der Waals surface area (Å²) in [5, 5.41) is 10.7. The molecule has 1 atom stereocenters.